The van der Waals surface area contributed by atoms with E-state index < -0.39 is 0 Å². The van der Waals surface area contributed by atoms with Gasteiger partial charge in [0.15, 0.2) is 0 Å². The van der Waals surface area contributed by atoms with Crippen molar-refractivity contribution in [2.24, 2.45) is 0 Å². The number of anilines is 2. The molecule has 7 nitrogen and oxygen atoms in total. The predicted molar refractivity (Wildman–Crippen MR) is 73.9 cm³/mol. The molecule has 0 atom stereocenters. The Morgan fingerprint density at radius 1 is 1.53 bits per heavy atom. The van der Waals surface area contributed by atoms with E-state index in [-0.39, 0.29) is 5.56 Å². The Balaban J connectivity index is 1.65. The summed E-state index contributed by atoms with van der Waals surface area (Å²) in [5, 5.41) is 7.12. The van der Waals surface area contributed by atoms with E-state index >= 15 is 0 Å². The van der Waals surface area contributed by atoms with Crippen LogP contribution in [0.3, 0.4) is 0 Å². The van der Waals surface area contributed by atoms with Crippen LogP contribution in [0, 0.1) is 6.92 Å². The Hall–Kier alpha value is -1.96. The average Bonchev–Trinajstić information content (AvgIpc) is 2.74. The summed E-state index contributed by atoms with van der Waals surface area (Å²) in [6, 6.07) is 1.96. The maximum absolute atomic E-state index is 11.2. The van der Waals surface area contributed by atoms with E-state index in [9.17, 15) is 4.79 Å². The van der Waals surface area contributed by atoms with E-state index in [0.29, 0.717) is 6.04 Å². The zero-order chi connectivity index (χ0) is 13.4. The maximum Gasteiger partial charge on any atom is 0.266 e. The van der Waals surface area contributed by atoms with Crippen LogP contribution >= 0.6 is 11.5 Å². The minimum atomic E-state index is -0.172. The zero-order valence-electron chi connectivity index (χ0n) is 10.7. The minimum absolute atomic E-state index is 0.172. The van der Waals surface area contributed by atoms with Crippen LogP contribution in [-0.4, -0.2) is 45.7 Å². The molecule has 3 heterocycles. The second-order valence-corrected chi connectivity index (χ2v) is 5.33. The third-order valence-electron chi connectivity index (χ3n) is 3.24. The highest BCUT2D eigenvalue weighted by molar-refractivity contribution is 7.09. The first-order valence-electron chi connectivity index (χ1n) is 5.96. The molecule has 1 fully saturated rings. The summed E-state index contributed by atoms with van der Waals surface area (Å²) in [4.78, 5) is 19.8. The summed E-state index contributed by atoms with van der Waals surface area (Å²) >= 11 is 1.41. The van der Waals surface area contributed by atoms with Gasteiger partial charge in [0.2, 0.25) is 5.13 Å². The van der Waals surface area contributed by atoms with Crippen molar-refractivity contribution in [1.29, 1.82) is 0 Å². The highest BCUT2D eigenvalue weighted by atomic mass is 32.1. The predicted octanol–water partition coefficient (Wildman–Crippen LogP) is 0.255. The van der Waals surface area contributed by atoms with Crippen LogP contribution in [0.2, 0.25) is 0 Å². The fraction of sp³-hybridized carbons (Fsp3) is 0.455. The van der Waals surface area contributed by atoms with Crippen molar-refractivity contribution in [3.63, 3.8) is 0 Å². The monoisotopic (exact) mass is 278 g/mol. The largest absolute Gasteiger partial charge is 0.366 e. The molecule has 0 aromatic carbocycles. The number of likely N-dealkylation sites (N-methyl/N-ethyl adjacent to an activating group) is 1. The average molecular weight is 278 g/mol. The number of nitrogens with zero attached hydrogens (tertiary/aromatic N) is 5. The summed E-state index contributed by atoms with van der Waals surface area (Å²) in [5.74, 6) is 0.807. The number of hydrogen-bond donors (Lipinski definition) is 1. The molecule has 100 valence electrons. The van der Waals surface area contributed by atoms with Gasteiger partial charge in [-0.05, 0) is 6.92 Å². The molecule has 2 aromatic rings. The SMILES string of the molecule is Cc1nsc(N(C)C2CN(c3cn[nH]c(=O)c3)C2)n1. The van der Waals surface area contributed by atoms with Crippen LogP contribution in [0.25, 0.3) is 0 Å². The molecule has 0 spiro atoms. The summed E-state index contributed by atoms with van der Waals surface area (Å²) in [7, 11) is 2.03. The van der Waals surface area contributed by atoms with Gasteiger partial charge in [-0.15, -0.1) is 0 Å². The van der Waals surface area contributed by atoms with Gasteiger partial charge in [0.1, 0.15) is 5.82 Å². The summed E-state index contributed by atoms with van der Waals surface area (Å²) < 4.78 is 4.19. The molecule has 1 aliphatic heterocycles. The van der Waals surface area contributed by atoms with Crippen LogP contribution in [0.5, 0.6) is 0 Å². The number of aryl methyl sites for hydroxylation is 1. The number of aromatic nitrogens is 4. The second kappa shape index (κ2) is 4.61. The Morgan fingerprint density at radius 3 is 2.95 bits per heavy atom. The van der Waals surface area contributed by atoms with Gasteiger partial charge < -0.3 is 9.80 Å². The molecule has 0 unspecified atom stereocenters. The number of rotatable bonds is 3. The van der Waals surface area contributed by atoms with Gasteiger partial charge >= 0.3 is 0 Å². The quantitative estimate of drug-likeness (QED) is 0.867. The van der Waals surface area contributed by atoms with Crippen LogP contribution in [0.1, 0.15) is 5.82 Å². The van der Waals surface area contributed by atoms with Crippen molar-refractivity contribution < 1.29 is 0 Å². The van der Waals surface area contributed by atoms with Gasteiger partial charge in [-0.2, -0.15) is 9.47 Å². The van der Waals surface area contributed by atoms with Gasteiger partial charge in [-0.25, -0.2) is 10.1 Å². The lowest BCUT2D eigenvalue weighted by atomic mass is 10.1. The summed E-state index contributed by atoms with van der Waals surface area (Å²) in [5.41, 5.74) is 0.691. The van der Waals surface area contributed by atoms with E-state index in [1.807, 2.05) is 14.0 Å². The van der Waals surface area contributed by atoms with Crippen molar-refractivity contribution in [3.05, 3.63) is 28.4 Å². The minimum Gasteiger partial charge on any atom is -0.366 e. The normalized spacial score (nSPS) is 15.4. The zero-order valence-corrected chi connectivity index (χ0v) is 11.5. The lowest BCUT2D eigenvalue weighted by Crippen LogP contribution is -2.59. The molecule has 0 bridgehead atoms. The summed E-state index contributed by atoms with van der Waals surface area (Å²) in [6.45, 7) is 3.61. The van der Waals surface area contributed by atoms with Crippen molar-refractivity contribution in [2.75, 3.05) is 29.9 Å². The van der Waals surface area contributed by atoms with Gasteiger partial charge in [0.25, 0.3) is 5.56 Å². The molecule has 0 aliphatic carbocycles. The van der Waals surface area contributed by atoms with Gasteiger partial charge in [0.05, 0.1) is 17.9 Å². The lowest BCUT2D eigenvalue weighted by Gasteiger charge is -2.44. The summed E-state index contributed by atoms with van der Waals surface area (Å²) in [6.07, 6.45) is 1.67. The standard InChI is InChI=1S/C11H14N6OS/c1-7-13-11(19-15-7)16(2)9-5-17(6-9)8-3-10(18)14-12-4-8/h3-4,9H,5-6H2,1-2H3,(H,14,18). The number of hydrogen-bond acceptors (Lipinski definition) is 7. The Morgan fingerprint density at radius 2 is 2.32 bits per heavy atom. The number of H-pyrrole nitrogens is 1. The maximum atomic E-state index is 11.2. The first-order chi connectivity index (χ1) is 9.13. The Kier molecular flexibility index (Phi) is 2.94. The molecule has 2 aromatic heterocycles. The highest BCUT2D eigenvalue weighted by Gasteiger charge is 2.31. The first-order valence-corrected chi connectivity index (χ1v) is 6.73. The highest BCUT2D eigenvalue weighted by Crippen LogP contribution is 2.25. The topological polar surface area (TPSA) is 78.0 Å². The van der Waals surface area contributed by atoms with Crippen molar-refractivity contribution in [2.45, 2.75) is 13.0 Å². The van der Waals surface area contributed by atoms with Crippen molar-refractivity contribution in [1.82, 2.24) is 19.6 Å². The molecule has 19 heavy (non-hydrogen) atoms. The lowest BCUT2D eigenvalue weighted by molar-refractivity contribution is 0.495. The van der Waals surface area contributed by atoms with Crippen LogP contribution < -0.4 is 15.4 Å². The molecule has 8 heteroatoms. The van der Waals surface area contributed by atoms with E-state index in [1.54, 1.807) is 12.3 Å². The molecule has 1 aliphatic rings. The fourth-order valence-electron chi connectivity index (χ4n) is 2.04. The van der Waals surface area contributed by atoms with Gasteiger partial charge in [-0.1, -0.05) is 0 Å². The third-order valence-corrected chi connectivity index (χ3v) is 4.14. The van der Waals surface area contributed by atoms with Crippen molar-refractivity contribution >= 4 is 22.4 Å². The van der Waals surface area contributed by atoms with Crippen LogP contribution in [0.15, 0.2) is 17.1 Å². The number of aromatic amines is 1. The molecule has 0 amide bonds. The van der Waals surface area contributed by atoms with Gasteiger partial charge in [-0.3, -0.25) is 4.79 Å². The smallest absolute Gasteiger partial charge is 0.266 e. The van der Waals surface area contributed by atoms with Crippen LogP contribution in [0.4, 0.5) is 10.8 Å². The van der Waals surface area contributed by atoms with E-state index in [1.165, 1.54) is 11.5 Å². The van der Waals surface area contributed by atoms with Crippen molar-refractivity contribution in [3.8, 4) is 0 Å². The first kappa shape index (κ1) is 12.1. The molecule has 3 rings (SSSR count). The molecular formula is C11H14N6OS. The van der Waals surface area contributed by atoms with E-state index in [0.717, 1.165) is 29.7 Å². The molecular weight excluding hydrogens is 264 g/mol. The molecule has 0 radical (unpaired) electrons. The number of nitrogens with one attached hydrogen (secondary N) is 1. The third kappa shape index (κ3) is 2.30. The van der Waals surface area contributed by atoms with E-state index in [2.05, 4.69) is 29.4 Å². The Bertz CT molecular complexity index is 632. The van der Waals surface area contributed by atoms with Crippen LogP contribution in [-0.2, 0) is 0 Å². The molecule has 1 saturated heterocycles. The van der Waals surface area contributed by atoms with E-state index in [4.69, 9.17) is 0 Å². The Labute approximate surface area is 114 Å². The molecule has 0 saturated carbocycles. The fourth-order valence-corrected chi connectivity index (χ4v) is 2.74. The molecule has 1 N–H and O–H groups in total. The van der Waals surface area contributed by atoms with Gasteiger partial charge in [0, 0.05) is 37.7 Å². The second-order valence-electron chi connectivity index (χ2n) is 4.60.